The quantitative estimate of drug-likeness (QED) is 0.662. The number of amides is 1. The number of rotatable bonds is 9. The minimum absolute atomic E-state index is 0.0654. The Bertz CT molecular complexity index is 800. The first-order chi connectivity index (χ1) is 12.9. The van der Waals surface area contributed by atoms with Crippen LogP contribution in [-0.2, 0) is 11.3 Å². The van der Waals surface area contributed by atoms with Crippen molar-refractivity contribution in [3.8, 4) is 11.3 Å². The van der Waals surface area contributed by atoms with Gasteiger partial charge in [-0.1, -0.05) is 38.8 Å². The van der Waals surface area contributed by atoms with Crippen molar-refractivity contribution in [3.63, 3.8) is 0 Å². The minimum Gasteiger partial charge on any atom is -0.352 e. The molecule has 146 valence electrons. The van der Waals surface area contributed by atoms with Gasteiger partial charge in [-0.25, -0.2) is 4.68 Å². The number of thioether (sulfide) groups is 1. The largest absolute Gasteiger partial charge is 0.352 e. The molecular weight excluding hydrogens is 358 g/mol. The SMILES string of the molecule is CSc1ccc(-c2ccc(=O)n(CC(=O)N[C@@H](C)CCCC(C)C)n2)cc1. The van der Waals surface area contributed by atoms with Gasteiger partial charge in [-0.05, 0) is 43.7 Å². The number of nitrogens with zero attached hydrogens (tertiary/aromatic N) is 2. The first-order valence-electron chi connectivity index (χ1n) is 9.41. The van der Waals surface area contributed by atoms with Crippen LogP contribution in [0.4, 0.5) is 0 Å². The van der Waals surface area contributed by atoms with Crippen LogP contribution in [0.5, 0.6) is 0 Å². The molecule has 2 aromatic rings. The van der Waals surface area contributed by atoms with E-state index >= 15 is 0 Å². The van der Waals surface area contributed by atoms with Crippen molar-refractivity contribution in [2.45, 2.75) is 57.5 Å². The molecule has 0 spiro atoms. The molecule has 1 atom stereocenters. The van der Waals surface area contributed by atoms with Gasteiger partial charge in [0.05, 0.1) is 5.69 Å². The van der Waals surface area contributed by atoms with Crippen LogP contribution in [0.15, 0.2) is 46.1 Å². The molecule has 0 saturated heterocycles. The predicted molar refractivity (Wildman–Crippen MR) is 112 cm³/mol. The highest BCUT2D eigenvalue weighted by atomic mass is 32.2. The molecule has 27 heavy (non-hydrogen) atoms. The summed E-state index contributed by atoms with van der Waals surface area (Å²) < 4.78 is 1.23. The molecule has 1 amide bonds. The van der Waals surface area contributed by atoms with Gasteiger partial charge in [-0.15, -0.1) is 11.8 Å². The van der Waals surface area contributed by atoms with E-state index < -0.39 is 0 Å². The molecule has 0 radical (unpaired) electrons. The third-order valence-electron chi connectivity index (χ3n) is 4.37. The number of hydrogen-bond donors (Lipinski definition) is 1. The van der Waals surface area contributed by atoms with Crippen molar-refractivity contribution < 1.29 is 4.79 Å². The van der Waals surface area contributed by atoms with Gasteiger partial charge in [0.15, 0.2) is 0 Å². The van der Waals surface area contributed by atoms with Gasteiger partial charge >= 0.3 is 0 Å². The van der Waals surface area contributed by atoms with E-state index in [1.54, 1.807) is 17.8 Å². The molecule has 0 aliphatic rings. The zero-order valence-electron chi connectivity index (χ0n) is 16.6. The molecule has 2 rings (SSSR count). The second kappa shape index (κ2) is 10.3. The van der Waals surface area contributed by atoms with Crippen molar-refractivity contribution in [3.05, 3.63) is 46.8 Å². The lowest BCUT2D eigenvalue weighted by Crippen LogP contribution is -2.38. The maximum Gasteiger partial charge on any atom is 0.267 e. The first-order valence-corrected chi connectivity index (χ1v) is 10.6. The lowest BCUT2D eigenvalue weighted by Gasteiger charge is -2.15. The Hall–Kier alpha value is -2.08. The van der Waals surface area contributed by atoms with E-state index in [0.717, 1.165) is 29.7 Å². The molecule has 0 aliphatic heterocycles. The molecule has 1 heterocycles. The van der Waals surface area contributed by atoms with Crippen LogP contribution >= 0.6 is 11.8 Å². The van der Waals surface area contributed by atoms with Crippen molar-refractivity contribution in [2.24, 2.45) is 5.92 Å². The van der Waals surface area contributed by atoms with Crippen LogP contribution < -0.4 is 10.9 Å². The lowest BCUT2D eigenvalue weighted by molar-refractivity contribution is -0.122. The summed E-state index contributed by atoms with van der Waals surface area (Å²) in [6, 6.07) is 11.2. The molecule has 6 heteroatoms. The van der Waals surface area contributed by atoms with Gasteiger partial charge in [0.1, 0.15) is 6.54 Å². The predicted octanol–water partition coefficient (Wildman–Crippen LogP) is 3.96. The summed E-state index contributed by atoms with van der Waals surface area (Å²) in [7, 11) is 0. The summed E-state index contributed by atoms with van der Waals surface area (Å²) in [6.45, 7) is 6.33. The van der Waals surface area contributed by atoms with E-state index in [0.29, 0.717) is 11.6 Å². The van der Waals surface area contributed by atoms with E-state index in [1.807, 2.05) is 37.4 Å². The van der Waals surface area contributed by atoms with Crippen LogP contribution in [0.2, 0.25) is 0 Å². The summed E-state index contributed by atoms with van der Waals surface area (Å²) in [4.78, 5) is 25.5. The van der Waals surface area contributed by atoms with Gasteiger partial charge < -0.3 is 5.32 Å². The Kier molecular flexibility index (Phi) is 8.10. The zero-order valence-corrected chi connectivity index (χ0v) is 17.4. The zero-order chi connectivity index (χ0) is 19.8. The van der Waals surface area contributed by atoms with Gasteiger partial charge in [-0.2, -0.15) is 5.10 Å². The number of carbonyl (C=O) groups excluding carboxylic acids is 1. The Balaban J connectivity index is 2.01. The molecule has 0 unspecified atom stereocenters. The molecule has 1 N–H and O–H groups in total. The van der Waals surface area contributed by atoms with Crippen LogP contribution in [0.3, 0.4) is 0 Å². The van der Waals surface area contributed by atoms with Gasteiger partial charge in [0.2, 0.25) is 5.91 Å². The number of hydrogen-bond acceptors (Lipinski definition) is 4. The summed E-state index contributed by atoms with van der Waals surface area (Å²) in [5, 5.41) is 7.33. The van der Waals surface area contributed by atoms with Crippen LogP contribution in [0, 0.1) is 5.92 Å². The highest BCUT2D eigenvalue weighted by Gasteiger charge is 2.11. The van der Waals surface area contributed by atoms with E-state index in [4.69, 9.17) is 0 Å². The van der Waals surface area contributed by atoms with Gasteiger partial charge in [-0.3, -0.25) is 9.59 Å². The van der Waals surface area contributed by atoms with Gasteiger partial charge in [0, 0.05) is 22.6 Å². The number of nitrogens with one attached hydrogen (secondary N) is 1. The average molecular weight is 388 g/mol. The first kappa shape index (κ1) is 21.2. The van der Waals surface area contributed by atoms with E-state index in [-0.39, 0.29) is 24.1 Å². The average Bonchev–Trinajstić information content (AvgIpc) is 2.63. The fraction of sp³-hybridized carbons (Fsp3) is 0.476. The molecule has 1 aromatic heterocycles. The van der Waals surface area contributed by atoms with E-state index in [2.05, 4.69) is 24.3 Å². The van der Waals surface area contributed by atoms with Crippen molar-refractivity contribution in [1.82, 2.24) is 15.1 Å². The highest BCUT2D eigenvalue weighted by Crippen LogP contribution is 2.20. The summed E-state index contributed by atoms with van der Waals surface area (Å²) in [5.74, 6) is 0.486. The normalized spacial score (nSPS) is 12.2. The van der Waals surface area contributed by atoms with Crippen LogP contribution in [-0.4, -0.2) is 28.0 Å². The minimum atomic E-state index is -0.276. The topological polar surface area (TPSA) is 64.0 Å². The van der Waals surface area contributed by atoms with Crippen LogP contribution in [0.1, 0.15) is 40.0 Å². The molecule has 5 nitrogen and oxygen atoms in total. The number of aromatic nitrogens is 2. The summed E-state index contributed by atoms with van der Waals surface area (Å²) in [5.41, 5.74) is 1.33. The fourth-order valence-corrected chi connectivity index (χ4v) is 3.25. The Morgan fingerprint density at radius 2 is 1.81 bits per heavy atom. The van der Waals surface area contributed by atoms with Crippen molar-refractivity contribution in [1.29, 1.82) is 0 Å². The second-order valence-corrected chi connectivity index (χ2v) is 8.12. The molecule has 0 fully saturated rings. The lowest BCUT2D eigenvalue weighted by atomic mass is 10.0. The fourth-order valence-electron chi connectivity index (χ4n) is 2.84. The van der Waals surface area contributed by atoms with E-state index in [1.165, 1.54) is 10.7 Å². The molecule has 0 aliphatic carbocycles. The standard InChI is InChI=1S/C21H29N3O2S/c1-15(2)6-5-7-16(3)22-20(25)14-24-21(26)13-12-19(23-24)17-8-10-18(27-4)11-9-17/h8-13,15-16H,5-7,14H2,1-4H3,(H,22,25)/t16-/m0/s1. The van der Waals surface area contributed by atoms with Crippen LogP contribution in [0.25, 0.3) is 11.3 Å². The van der Waals surface area contributed by atoms with Crippen molar-refractivity contribution >= 4 is 17.7 Å². The Morgan fingerprint density at radius 3 is 2.44 bits per heavy atom. The van der Waals surface area contributed by atoms with Crippen molar-refractivity contribution in [2.75, 3.05) is 6.26 Å². The smallest absolute Gasteiger partial charge is 0.267 e. The summed E-state index contributed by atoms with van der Waals surface area (Å²) >= 11 is 1.67. The Labute approximate surface area is 165 Å². The number of benzene rings is 1. The van der Waals surface area contributed by atoms with Gasteiger partial charge in [0.25, 0.3) is 5.56 Å². The molecular formula is C21H29N3O2S. The monoisotopic (exact) mass is 387 g/mol. The second-order valence-electron chi connectivity index (χ2n) is 7.24. The molecule has 1 aromatic carbocycles. The highest BCUT2D eigenvalue weighted by molar-refractivity contribution is 7.98. The maximum absolute atomic E-state index is 12.3. The third-order valence-corrected chi connectivity index (χ3v) is 5.12. The van der Waals surface area contributed by atoms with E-state index in [9.17, 15) is 9.59 Å². The maximum atomic E-state index is 12.3. The summed E-state index contributed by atoms with van der Waals surface area (Å²) in [6.07, 6.45) is 5.20. The molecule has 0 bridgehead atoms. The Morgan fingerprint density at radius 1 is 1.11 bits per heavy atom. The third kappa shape index (κ3) is 6.86. The number of carbonyl (C=O) groups is 1. The molecule has 0 saturated carbocycles.